The number of carbonyl (C=O) groups excluding carboxylic acids is 1. The zero-order valence-electron chi connectivity index (χ0n) is 10.1. The quantitative estimate of drug-likeness (QED) is 0.547. The van der Waals surface area contributed by atoms with Crippen LogP contribution < -0.4 is 21.5 Å². The van der Waals surface area contributed by atoms with E-state index in [1.165, 1.54) is 25.2 Å². The highest BCUT2D eigenvalue weighted by Gasteiger charge is 2.14. The Morgan fingerprint density at radius 3 is 2.44 bits per heavy atom. The topological polar surface area (TPSA) is 127 Å². The first-order valence-corrected chi connectivity index (χ1v) is 6.71. The van der Waals surface area contributed by atoms with Gasteiger partial charge in [0.25, 0.3) is 0 Å². The van der Waals surface area contributed by atoms with Crippen LogP contribution in [0, 0.1) is 0 Å². The van der Waals surface area contributed by atoms with Crippen molar-refractivity contribution in [3.05, 3.63) is 18.2 Å². The van der Waals surface area contributed by atoms with Gasteiger partial charge in [-0.25, -0.2) is 13.6 Å². The molecule has 0 saturated carbocycles. The Morgan fingerprint density at radius 2 is 2.00 bits per heavy atom. The van der Waals surface area contributed by atoms with Gasteiger partial charge in [-0.15, -0.1) is 0 Å². The van der Waals surface area contributed by atoms with Crippen LogP contribution in [-0.2, 0) is 14.8 Å². The molecule has 0 bridgehead atoms. The number of nitrogen functional groups attached to an aromatic ring is 1. The molecule has 1 aromatic carbocycles. The van der Waals surface area contributed by atoms with Gasteiger partial charge in [0.1, 0.15) is 6.04 Å². The van der Waals surface area contributed by atoms with E-state index < -0.39 is 16.1 Å². The second-order valence-corrected chi connectivity index (χ2v) is 5.34. The maximum absolute atomic E-state index is 11.3. The van der Waals surface area contributed by atoms with Gasteiger partial charge < -0.3 is 16.4 Å². The molecule has 0 aromatic heterocycles. The van der Waals surface area contributed by atoms with E-state index in [0.717, 1.165) is 0 Å². The molecular formula is C10H16N4O3S. The van der Waals surface area contributed by atoms with Crippen molar-refractivity contribution in [1.82, 2.24) is 5.32 Å². The fraction of sp³-hybridized carbons (Fsp3) is 0.300. The lowest BCUT2D eigenvalue weighted by Gasteiger charge is -2.15. The zero-order chi connectivity index (χ0) is 13.9. The van der Waals surface area contributed by atoms with Crippen LogP contribution in [0.4, 0.5) is 11.4 Å². The number of sulfonamides is 1. The maximum Gasteiger partial charge on any atom is 0.241 e. The summed E-state index contributed by atoms with van der Waals surface area (Å²) >= 11 is 0. The monoisotopic (exact) mass is 272 g/mol. The number of amides is 1. The Kier molecular flexibility index (Phi) is 4.15. The molecule has 100 valence electrons. The summed E-state index contributed by atoms with van der Waals surface area (Å²) < 4.78 is 22.2. The maximum atomic E-state index is 11.3. The van der Waals surface area contributed by atoms with Crippen LogP contribution >= 0.6 is 0 Å². The molecule has 0 aliphatic rings. The van der Waals surface area contributed by atoms with E-state index in [1.54, 1.807) is 6.92 Å². The van der Waals surface area contributed by atoms with E-state index in [-0.39, 0.29) is 16.5 Å². The number of rotatable bonds is 4. The van der Waals surface area contributed by atoms with Crippen LogP contribution in [0.5, 0.6) is 0 Å². The number of nitrogens with two attached hydrogens (primary N) is 2. The van der Waals surface area contributed by atoms with E-state index in [4.69, 9.17) is 10.9 Å². The van der Waals surface area contributed by atoms with Crippen LogP contribution in [0.3, 0.4) is 0 Å². The third-order valence-electron chi connectivity index (χ3n) is 2.36. The highest BCUT2D eigenvalue weighted by molar-refractivity contribution is 7.89. The predicted octanol–water partition coefficient (Wildman–Crippen LogP) is -0.537. The number of carbonyl (C=O) groups is 1. The predicted molar refractivity (Wildman–Crippen MR) is 69.4 cm³/mol. The third-order valence-corrected chi connectivity index (χ3v) is 3.27. The highest BCUT2D eigenvalue weighted by Crippen LogP contribution is 2.22. The number of anilines is 2. The van der Waals surface area contributed by atoms with Crippen molar-refractivity contribution < 1.29 is 13.2 Å². The average molecular weight is 272 g/mol. The summed E-state index contributed by atoms with van der Waals surface area (Å²) in [5.41, 5.74) is 6.37. The molecule has 1 atom stereocenters. The van der Waals surface area contributed by atoms with E-state index in [9.17, 15) is 13.2 Å². The molecule has 0 aliphatic heterocycles. The minimum atomic E-state index is -3.78. The van der Waals surface area contributed by atoms with Gasteiger partial charge in [0, 0.05) is 7.05 Å². The first kappa shape index (κ1) is 14.3. The van der Waals surface area contributed by atoms with Gasteiger partial charge in [-0.2, -0.15) is 0 Å². The van der Waals surface area contributed by atoms with Crippen molar-refractivity contribution >= 4 is 27.3 Å². The normalized spacial score (nSPS) is 12.8. The highest BCUT2D eigenvalue weighted by atomic mass is 32.2. The lowest BCUT2D eigenvalue weighted by atomic mass is 10.2. The summed E-state index contributed by atoms with van der Waals surface area (Å²) in [6.45, 7) is 1.66. The first-order chi connectivity index (χ1) is 8.25. The molecule has 0 saturated heterocycles. The molecule has 18 heavy (non-hydrogen) atoms. The largest absolute Gasteiger partial charge is 0.397 e. The summed E-state index contributed by atoms with van der Waals surface area (Å²) in [5, 5.41) is 10.3. The van der Waals surface area contributed by atoms with Crippen molar-refractivity contribution in [2.45, 2.75) is 17.9 Å². The van der Waals surface area contributed by atoms with E-state index in [0.29, 0.717) is 5.69 Å². The number of hydrogen-bond donors (Lipinski definition) is 4. The number of hydrogen-bond acceptors (Lipinski definition) is 5. The molecule has 0 fully saturated rings. The Bertz CT molecular complexity index is 556. The molecule has 0 heterocycles. The molecule has 1 rings (SSSR count). The SMILES string of the molecule is CNC(=O)C(C)Nc1ccc(S(N)(=O)=O)cc1N. The summed E-state index contributed by atoms with van der Waals surface area (Å²) in [4.78, 5) is 11.3. The van der Waals surface area contributed by atoms with Gasteiger partial charge in [-0.05, 0) is 25.1 Å². The zero-order valence-corrected chi connectivity index (χ0v) is 10.9. The lowest BCUT2D eigenvalue weighted by Crippen LogP contribution is -2.35. The van der Waals surface area contributed by atoms with Crippen molar-refractivity contribution in [1.29, 1.82) is 0 Å². The summed E-state index contributed by atoms with van der Waals surface area (Å²) in [6.07, 6.45) is 0. The molecule has 1 unspecified atom stereocenters. The van der Waals surface area contributed by atoms with Gasteiger partial charge in [0.05, 0.1) is 16.3 Å². The van der Waals surface area contributed by atoms with Crippen LogP contribution in [0.25, 0.3) is 0 Å². The lowest BCUT2D eigenvalue weighted by molar-refractivity contribution is -0.121. The summed E-state index contributed by atoms with van der Waals surface area (Å²) in [5.74, 6) is -0.204. The van der Waals surface area contributed by atoms with Crippen LogP contribution in [0.1, 0.15) is 6.92 Å². The van der Waals surface area contributed by atoms with Crippen LogP contribution in [0.15, 0.2) is 23.1 Å². The Balaban J connectivity index is 2.97. The molecule has 1 aromatic rings. The third kappa shape index (κ3) is 3.34. The minimum Gasteiger partial charge on any atom is -0.397 e. The smallest absolute Gasteiger partial charge is 0.241 e. The van der Waals surface area contributed by atoms with Crippen molar-refractivity contribution in [3.8, 4) is 0 Å². The minimum absolute atomic E-state index is 0.0712. The average Bonchev–Trinajstić information content (AvgIpc) is 2.29. The molecule has 7 nitrogen and oxygen atoms in total. The van der Waals surface area contributed by atoms with E-state index in [1.807, 2.05) is 0 Å². The fourth-order valence-corrected chi connectivity index (χ4v) is 1.91. The molecule has 0 aliphatic carbocycles. The van der Waals surface area contributed by atoms with Gasteiger partial charge in [-0.1, -0.05) is 0 Å². The van der Waals surface area contributed by atoms with Gasteiger partial charge in [0.15, 0.2) is 0 Å². The second kappa shape index (κ2) is 5.23. The Labute approximate surface area is 106 Å². The van der Waals surface area contributed by atoms with E-state index in [2.05, 4.69) is 10.6 Å². The van der Waals surface area contributed by atoms with Crippen LogP contribution in [0.2, 0.25) is 0 Å². The van der Waals surface area contributed by atoms with Crippen LogP contribution in [-0.4, -0.2) is 27.4 Å². The molecule has 0 radical (unpaired) electrons. The number of benzene rings is 1. The standard InChI is InChI=1S/C10H16N4O3S/c1-6(10(15)13-2)14-9-4-3-7(5-8(9)11)18(12,16)17/h3-6,14H,11H2,1-2H3,(H,13,15)(H2,12,16,17). The Morgan fingerprint density at radius 1 is 1.39 bits per heavy atom. The van der Waals surface area contributed by atoms with Crippen molar-refractivity contribution in [2.24, 2.45) is 5.14 Å². The molecule has 0 spiro atoms. The second-order valence-electron chi connectivity index (χ2n) is 3.77. The first-order valence-electron chi connectivity index (χ1n) is 5.16. The van der Waals surface area contributed by atoms with Crippen molar-refractivity contribution in [3.63, 3.8) is 0 Å². The molecule has 1 amide bonds. The number of primary sulfonamides is 1. The Hall–Kier alpha value is -1.80. The fourth-order valence-electron chi connectivity index (χ4n) is 1.36. The molecule has 8 heteroatoms. The number of likely N-dealkylation sites (N-methyl/N-ethyl adjacent to an activating group) is 1. The van der Waals surface area contributed by atoms with Gasteiger partial charge >= 0.3 is 0 Å². The molecular weight excluding hydrogens is 256 g/mol. The van der Waals surface area contributed by atoms with Gasteiger partial charge in [0.2, 0.25) is 15.9 Å². The summed E-state index contributed by atoms with van der Waals surface area (Å²) in [6, 6.07) is 3.55. The number of nitrogens with one attached hydrogen (secondary N) is 2. The van der Waals surface area contributed by atoms with E-state index >= 15 is 0 Å². The molecule has 6 N–H and O–H groups in total. The van der Waals surface area contributed by atoms with Crippen molar-refractivity contribution in [2.75, 3.05) is 18.1 Å². The summed E-state index contributed by atoms with van der Waals surface area (Å²) in [7, 11) is -2.26. The van der Waals surface area contributed by atoms with Gasteiger partial charge in [-0.3, -0.25) is 4.79 Å².